The first-order valence-corrected chi connectivity index (χ1v) is 7.64. The van der Waals surface area contributed by atoms with E-state index < -0.39 is 17.7 Å². The molecule has 0 saturated carbocycles. The molecule has 1 atom stereocenters. The maximum atomic E-state index is 12.1. The summed E-state index contributed by atoms with van der Waals surface area (Å²) in [5.41, 5.74) is 2.06. The van der Waals surface area contributed by atoms with Crippen molar-refractivity contribution in [2.24, 2.45) is 11.8 Å². The number of rotatable bonds is 9. The van der Waals surface area contributed by atoms with Gasteiger partial charge in [0.2, 0.25) is 0 Å². The third-order valence-electron chi connectivity index (χ3n) is 2.49. The topological polar surface area (TPSA) is 64.6 Å². The molecule has 0 aliphatic heterocycles. The fraction of sp³-hybridized carbons (Fsp3) is 0.875. The zero-order valence-electron chi connectivity index (χ0n) is 14.5. The molecule has 0 amide bonds. The molecular weight excluding hydrogens is 270 g/mol. The Hall–Kier alpha value is -0.940. The van der Waals surface area contributed by atoms with Gasteiger partial charge in [0.1, 0.15) is 11.4 Å². The Morgan fingerprint density at radius 2 is 1.62 bits per heavy atom. The predicted molar refractivity (Wildman–Crippen MR) is 82.6 cm³/mol. The second-order valence-corrected chi connectivity index (χ2v) is 7.23. The minimum absolute atomic E-state index is 0.0671. The van der Waals surface area contributed by atoms with Crippen molar-refractivity contribution in [1.29, 1.82) is 0 Å². The molecular formula is C16H31NO4. The first kappa shape index (κ1) is 20.1. The number of hydrogen-bond donors (Lipinski definition) is 1. The highest BCUT2D eigenvalue weighted by atomic mass is 16.7. The third kappa shape index (κ3) is 11.4. The monoisotopic (exact) mass is 301 g/mol. The molecule has 0 spiro atoms. The molecule has 0 fully saturated rings. The summed E-state index contributed by atoms with van der Waals surface area (Å²) < 4.78 is 5.33. The van der Waals surface area contributed by atoms with E-state index in [1.165, 1.54) is 0 Å². The van der Waals surface area contributed by atoms with Crippen LogP contribution in [-0.4, -0.2) is 30.0 Å². The smallest absolute Gasteiger partial charge is 0.337 e. The van der Waals surface area contributed by atoms with Gasteiger partial charge in [0.15, 0.2) is 6.10 Å². The number of ketones is 1. The Morgan fingerprint density at radius 3 is 2.05 bits per heavy atom. The molecule has 0 rings (SSSR count). The maximum absolute atomic E-state index is 12.1. The van der Waals surface area contributed by atoms with E-state index in [0.29, 0.717) is 18.8 Å². The summed E-state index contributed by atoms with van der Waals surface area (Å²) in [6, 6.07) is 0. The lowest BCUT2D eigenvalue weighted by Crippen LogP contribution is -2.39. The van der Waals surface area contributed by atoms with Crippen LogP contribution in [0.15, 0.2) is 0 Å². The van der Waals surface area contributed by atoms with Crippen LogP contribution in [-0.2, 0) is 19.2 Å². The highest BCUT2D eigenvalue weighted by Crippen LogP contribution is 2.14. The van der Waals surface area contributed by atoms with E-state index in [-0.39, 0.29) is 18.2 Å². The zero-order chi connectivity index (χ0) is 16.6. The molecule has 0 bridgehead atoms. The number of esters is 1. The van der Waals surface area contributed by atoms with Crippen molar-refractivity contribution < 1.29 is 19.2 Å². The van der Waals surface area contributed by atoms with Gasteiger partial charge in [-0.3, -0.25) is 9.63 Å². The van der Waals surface area contributed by atoms with Gasteiger partial charge in [-0.1, -0.05) is 27.7 Å². The average Bonchev–Trinajstić information content (AvgIpc) is 2.23. The van der Waals surface area contributed by atoms with Crippen LogP contribution in [0.2, 0.25) is 0 Å². The first-order chi connectivity index (χ1) is 9.51. The van der Waals surface area contributed by atoms with Crippen molar-refractivity contribution in [2.45, 2.75) is 73.0 Å². The third-order valence-corrected chi connectivity index (χ3v) is 2.49. The van der Waals surface area contributed by atoms with Crippen LogP contribution >= 0.6 is 0 Å². The summed E-state index contributed by atoms with van der Waals surface area (Å²) in [6.07, 6.45) is 0.342. The molecule has 0 aromatic rings. The van der Waals surface area contributed by atoms with Gasteiger partial charge in [0.25, 0.3) is 0 Å². The fourth-order valence-electron chi connectivity index (χ4n) is 1.74. The SMILES string of the molecule is CC(C)CC(=O)CNO[C@H](CC(C)C)C(=O)OC(C)(C)C. The van der Waals surface area contributed by atoms with Crippen molar-refractivity contribution >= 4 is 11.8 Å². The lowest BCUT2D eigenvalue weighted by Gasteiger charge is -2.24. The number of Topliss-reactive ketones (excluding diaryl/α,β-unsaturated/α-hetero) is 1. The molecule has 5 nitrogen and oxygen atoms in total. The van der Waals surface area contributed by atoms with Crippen molar-refractivity contribution in [3.63, 3.8) is 0 Å². The van der Waals surface area contributed by atoms with Gasteiger partial charge in [0.05, 0.1) is 6.54 Å². The van der Waals surface area contributed by atoms with E-state index in [4.69, 9.17) is 9.57 Å². The van der Waals surface area contributed by atoms with Crippen molar-refractivity contribution in [3.05, 3.63) is 0 Å². The van der Waals surface area contributed by atoms with Gasteiger partial charge in [-0.2, -0.15) is 5.48 Å². The highest BCUT2D eigenvalue weighted by molar-refractivity contribution is 5.80. The Bertz CT molecular complexity index is 332. The number of ether oxygens (including phenoxy) is 1. The van der Waals surface area contributed by atoms with E-state index in [0.717, 1.165) is 0 Å². The van der Waals surface area contributed by atoms with E-state index >= 15 is 0 Å². The molecule has 0 aromatic heterocycles. The van der Waals surface area contributed by atoms with Crippen LogP contribution < -0.4 is 5.48 Å². The van der Waals surface area contributed by atoms with Gasteiger partial charge < -0.3 is 4.74 Å². The highest BCUT2D eigenvalue weighted by Gasteiger charge is 2.27. The largest absolute Gasteiger partial charge is 0.458 e. The van der Waals surface area contributed by atoms with Crippen LogP contribution in [0.5, 0.6) is 0 Å². The van der Waals surface area contributed by atoms with E-state index in [2.05, 4.69) is 5.48 Å². The van der Waals surface area contributed by atoms with Crippen molar-refractivity contribution in [2.75, 3.05) is 6.54 Å². The summed E-state index contributed by atoms with van der Waals surface area (Å²) in [4.78, 5) is 29.0. The Balaban J connectivity index is 4.37. The van der Waals surface area contributed by atoms with Gasteiger partial charge in [0, 0.05) is 6.42 Å². The summed E-state index contributed by atoms with van der Waals surface area (Å²) >= 11 is 0. The standard InChI is InChI=1S/C16H31NO4/c1-11(2)8-13(18)10-17-21-14(9-12(3)4)15(19)20-16(5,6)7/h11-12,14,17H,8-10H2,1-7H3/t14-/m1/s1. The number of carbonyl (C=O) groups excluding carboxylic acids is 2. The maximum Gasteiger partial charge on any atom is 0.337 e. The van der Waals surface area contributed by atoms with Crippen LogP contribution in [0.1, 0.15) is 61.3 Å². The average molecular weight is 301 g/mol. The predicted octanol–water partition coefficient (Wildman–Crippen LogP) is 2.88. The zero-order valence-corrected chi connectivity index (χ0v) is 14.5. The second kappa shape index (κ2) is 9.15. The molecule has 124 valence electrons. The van der Waals surface area contributed by atoms with E-state index in [9.17, 15) is 9.59 Å². The quantitative estimate of drug-likeness (QED) is 0.524. The molecule has 0 saturated heterocycles. The molecule has 0 unspecified atom stereocenters. The summed E-state index contributed by atoms with van der Waals surface area (Å²) in [5, 5.41) is 0. The molecule has 0 aromatic carbocycles. The molecule has 0 heterocycles. The van der Waals surface area contributed by atoms with Crippen LogP contribution in [0.25, 0.3) is 0 Å². The Kier molecular flexibility index (Phi) is 8.74. The summed E-state index contributed by atoms with van der Waals surface area (Å²) in [7, 11) is 0. The molecule has 0 radical (unpaired) electrons. The summed E-state index contributed by atoms with van der Waals surface area (Å²) in [5.74, 6) is 0.268. The number of nitrogens with one attached hydrogen (secondary N) is 1. The van der Waals surface area contributed by atoms with Crippen LogP contribution in [0, 0.1) is 11.8 Å². The molecule has 0 aliphatic carbocycles. The minimum atomic E-state index is -0.698. The minimum Gasteiger partial charge on any atom is -0.458 e. The van der Waals surface area contributed by atoms with E-state index in [1.807, 2.05) is 48.5 Å². The Morgan fingerprint density at radius 1 is 1.05 bits per heavy atom. The van der Waals surface area contributed by atoms with Gasteiger partial charge >= 0.3 is 5.97 Å². The lowest BCUT2D eigenvalue weighted by atomic mass is 10.1. The Labute approximate surface area is 128 Å². The van der Waals surface area contributed by atoms with E-state index in [1.54, 1.807) is 0 Å². The fourth-order valence-corrected chi connectivity index (χ4v) is 1.74. The molecule has 21 heavy (non-hydrogen) atoms. The van der Waals surface area contributed by atoms with Crippen LogP contribution in [0.3, 0.4) is 0 Å². The lowest BCUT2D eigenvalue weighted by molar-refractivity contribution is -0.175. The van der Waals surface area contributed by atoms with Gasteiger partial charge in [-0.25, -0.2) is 4.79 Å². The second-order valence-electron chi connectivity index (χ2n) is 7.23. The van der Waals surface area contributed by atoms with Gasteiger partial charge in [-0.15, -0.1) is 0 Å². The van der Waals surface area contributed by atoms with Crippen molar-refractivity contribution in [1.82, 2.24) is 5.48 Å². The number of hydrogen-bond acceptors (Lipinski definition) is 5. The summed E-state index contributed by atoms with van der Waals surface area (Å²) in [6.45, 7) is 13.5. The van der Waals surface area contributed by atoms with Crippen LogP contribution in [0.4, 0.5) is 0 Å². The van der Waals surface area contributed by atoms with Gasteiger partial charge in [-0.05, 0) is 39.0 Å². The molecule has 5 heteroatoms. The molecule has 1 N–H and O–H groups in total. The van der Waals surface area contributed by atoms with Crippen molar-refractivity contribution in [3.8, 4) is 0 Å². The number of hydroxylamine groups is 1. The normalized spacial score (nSPS) is 13.6. The first-order valence-electron chi connectivity index (χ1n) is 7.64. The number of carbonyl (C=O) groups is 2. The molecule has 0 aliphatic rings.